The van der Waals surface area contributed by atoms with Gasteiger partial charge in [0.1, 0.15) is 21.3 Å². The zero-order valence-corrected chi connectivity index (χ0v) is 16.1. The maximum absolute atomic E-state index is 12.6. The van der Waals surface area contributed by atoms with Crippen LogP contribution in [0.4, 0.5) is 0 Å². The van der Waals surface area contributed by atoms with E-state index in [1.54, 1.807) is 0 Å². The van der Waals surface area contributed by atoms with Crippen molar-refractivity contribution in [2.75, 3.05) is 40.8 Å². The second-order valence-electron chi connectivity index (χ2n) is 5.03. The van der Waals surface area contributed by atoms with Gasteiger partial charge in [0.05, 0.1) is 24.7 Å². The second kappa shape index (κ2) is 8.22. The molecule has 2 N–H and O–H groups in total. The van der Waals surface area contributed by atoms with E-state index >= 15 is 0 Å². The number of thiophene rings is 1. The van der Waals surface area contributed by atoms with Crippen molar-refractivity contribution in [3.8, 4) is 0 Å². The lowest BCUT2D eigenvalue weighted by Crippen LogP contribution is -2.19. The van der Waals surface area contributed by atoms with Gasteiger partial charge in [-0.2, -0.15) is 0 Å². The molecule has 1 unspecified atom stereocenters. The zero-order valence-electron chi connectivity index (χ0n) is 13.6. The van der Waals surface area contributed by atoms with Crippen LogP contribution in [0, 0.1) is 0 Å². The Bertz CT molecular complexity index is 841. The van der Waals surface area contributed by atoms with Crippen LogP contribution in [0.3, 0.4) is 0 Å². The standard InChI is InChI=1S/C13H19NO8S3/c1-19-3-4-21-8-22-11-5-9(7-20-2)24(15,16)13-10(11)6-12(23-13)25(14,17)18/h5-6,11H,3-4,7-8H2,1-2H3,(H2,14,17,18). The van der Waals surface area contributed by atoms with Crippen LogP contribution >= 0.6 is 11.3 Å². The number of sulfone groups is 1. The fraction of sp³-hybridized carbons (Fsp3) is 0.538. The summed E-state index contributed by atoms with van der Waals surface area (Å²) in [5, 5.41) is 5.12. The molecule has 9 nitrogen and oxygen atoms in total. The smallest absolute Gasteiger partial charge is 0.247 e. The van der Waals surface area contributed by atoms with Crippen molar-refractivity contribution < 1.29 is 35.8 Å². The summed E-state index contributed by atoms with van der Waals surface area (Å²) in [6.45, 7) is 0.404. The minimum absolute atomic E-state index is 0.00721. The van der Waals surface area contributed by atoms with E-state index in [1.807, 2.05) is 0 Å². The molecule has 1 aromatic heterocycles. The molecular weight excluding hydrogens is 394 g/mol. The molecule has 2 heterocycles. The van der Waals surface area contributed by atoms with Crippen molar-refractivity contribution in [1.29, 1.82) is 0 Å². The van der Waals surface area contributed by atoms with E-state index in [-0.39, 0.29) is 32.3 Å². The molecular formula is C13H19NO8S3. The highest BCUT2D eigenvalue weighted by atomic mass is 32.3. The Labute approximate surface area is 150 Å². The number of fused-ring (bicyclic) bond motifs is 1. The number of sulfonamides is 1. The number of primary sulfonamides is 1. The van der Waals surface area contributed by atoms with Crippen molar-refractivity contribution >= 4 is 31.2 Å². The van der Waals surface area contributed by atoms with Crippen LogP contribution in [-0.2, 0) is 38.8 Å². The highest BCUT2D eigenvalue weighted by molar-refractivity contribution is 7.98. The average molecular weight is 413 g/mol. The summed E-state index contributed by atoms with van der Waals surface area (Å²) in [5.41, 5.74) is 0.212. The normalized spacial score (nSPS) is 19.5. The van der Waals surface area contributed by atoms with E-state index in [1.165, 1.54) is 26.4 Å². The summed E-state index contributed by atoms with van der Waals surface area (Å²) in [7, 11) is -5.01. The molecule has 0 saturated heterocycles. The molecule has 2 rings (SSSR count). The molecule has 0 radical (unpaired) electrons. The van der Waals surface area contributed by atoms with E-state index in [0.717, 1.165) is 0 Å². The zero-order chi connectivity index (χ0) is 18.7. The van der Waals surface area contributed by atoms with Crippen LogP contribution in [-0.4, -0.2) is 57.7 Å². The van der Waals surface area contributed by atoms with E-state index in [4.69, 9.17) is 24.1 Å². The van der Waals surface area contributed by atoms with Crippen molar-refractivity contribution in [3.05, 3.63) is 22.6 Å². The van der Waals surface area contributed by atoms with Gasteiger partial charge in [-0.3, -0.25) is 0 Å². The van der Waals surface area contributed by atoms with Crippen molar-refractivity contribution in [3.63, 3.8) is 0 Å². The fourth-order valence-electron chi connectivity index (χ4n) is 2.11. The summed E-state index contributed by atoms with van der Waals surface area (Å²) < 4.78 is 68.6. The summed E-state index contributed by atoms with van der Waals surface area (Å²) >= 11 is 0.592. The quantitative estimate of drug-likeness (QED) is 0.454. The highest BCUT2D eigenvalue weighted by Gasteiger charge is 2.36. The molecule has 0 aromatic carbocycles. The van der Waals surface area contributed by atoms with Gasteiger partial charge < -0.3 is 18.9 Å². The molecule has 12 heteroatoms. The average Bonchev–Trinajstić information content (AvgIpc) is 2.98. The van der Waals surface area contributed by atoms with Gasteiger partial charge in [0.2, 0.25) is 19.9 Å². The Morgan fingerprint density at radius 2 is 1.96 bits per heavy atom. The molecule has 1 aromatic rings. The van der Waals surface area contributed by atoms with Gasteiger partial charge in [0.25, 0.3) is 0 Å². The van der Waals surface area contributed by atoms with Crippen molar-refractivity contribution in [2.45, 2.75) is 14.5 Å². The first kappa shape index (κ1) is 20.5. The topological polar surface area (TPSA) is 131 Å². The van der Waals surface area contributed by atoms with Crippen molar-refractivity contribution in [1.82, 2.24) is 0 Å². The number of methoxy groups -OCH3 is 2. The van der Waals surface area contributed by atoms with E-state index in [2.05, 4.69) is 0 Å². The predicted octanol–water partition coefficient (Wildman–Crippen LogP) is 0.391. The summed E-state index contributed by atoms with van der Waals surface area (Å²) in [4.78, 5) is -0.00721. The molecule has 1 aliphatic heterocycles. The van der Waals surface area contributed by atoms with Gasteiger partial charge in [0.15, 0.2) is 0 Å². The first-order valence-electron chi connectivity index (χ1n) is 7.01. The molecule has 0 amide bonds. The summed E-state index contributed by atoms with van der Waals surface area (Å²) in [6.07, 6.45) is 0.582. The molecule has 0 fully saturated rings. The largest absolute Gasteiger partial charge is 0.382 e. The third-order valence-corrected chi connectivity index (χ3v) is 8.21. The van der Waals surface area contributed by atoms with Gasteiger partial charge in [-0.15, -0.1) is 11.3 Å². The minimum atomic E-state index is -4.04. The first-order valence-corrected chi connectivity index (χ1v) is 10.9. The fourth-order valence-corrected chi connectivity index (χ4v) is 6.26. The number of nitrogens with two attached hydrogens (primary N) is 1. The van der Waals surface area contributed by atoms with E-state index < -0.39 is 26.0 Å². The maximum Gasteiger partial charge on any atom is 0.247 e. The molecule has 1 atom stereocenters. The lowest BCUT2D eigenvalue weighted by atomic mass is 10.2. The Morgan fingerprint density at radius 1 is 1.24 bits per heavy atom. The molecule has 0 spiro atoms. The third-order valence-electron chi connectivity index (χ3n) is 3.27. The molecule has 1 aliphatic rings. The first-order chi connectivity index (χ1) is 11.7. The van der Waals surface area contributed by atoms with Gasteiger partial charge in [-0.25, -0.2) is 22.0 Å². The van der Waals surface area contributed by atoms with E-state index in [0.29, 0.717) is 24.6 Å². The lowest BCUT2D eigenvalue weighted by molar-refractivity contribution is -0.0868. The molecule has 0 saturated carbocycles. The van der Waals surface area contributed by atoms with Gasteiger partial charge in [0, 0.05) is 19.8 Å². The van der Waals surface area contributed by atoms with Crippen LogP contribution < -0.4 is 5.14 Å². The van der Waals surface area contributed by atoms with Crippen LogP contribution in [0.2, 0.25) is 0 Å². The molecule has 0 aliphatic carbocycles. The number of ether oxygens (including phenoxy) is 4. The van der Waals surface area contributed by atoms with Crippen LogP contribution in [0.15, 0.2) is 25.5 Å². The van der Waals surface area contributed by atoms with Gasteiger partial charge >= 0.3 is 0 Å². The Balaban J connectivity index is 2.35. The Morgan fingerprint density at radius 3 is 2.56 bits per heavy atom. The summed E-state index contributed by atoms with van der Waals surface area (Å²) in [6, 6.07) is 1.22. The minimum Gasteiger partial charge on any atom is -0.382 e. The van der Waals surface area contributed by atoms with Gasteiger partial charge in [-0.05, 0) is 12.1 Å². The van der Waals surface area contributed by atoms with E-state index in [9.17, 15) is 16.8 Å². The number of rotatable bonds is 9. The maximum atomic E-state index is 12.6. The van der Waals surface area contributed by atoms with Crippen molar-refractivity contribution in [2.24, 2.45) is 5.14 Å². The summed E-state index contributed by atoms with van der Waals surface area (Å²) in [5.74, 6) is 0. The lowest BCUT2D eigenvalue weighted by Gasteiger charge is -2.22. The van der Waals surface area contributed by atoms with Crippen LogP contribution in [0.5, 0.6) is 0 Å². The molecule has 142 valence electrons. The molecule has 0 bridgehead atoms. The SMILES string of the molecule is COCCOCOC1C=C(COC)S(=O)(=O)c2sc(S(N)(=O)=O)cc21. The van der Waals surface area contributed by atoms with Gasteiger partial charge in [-0.1, -0.05) is 0 Å². The Kier molecular flexibility index (Phi) is 6.73. The van der Waals surface area contributed by atoms with Crippen LogP contribution in [0.25, 0.3) is 0 Å². The predicted molar refractivity (Wildman–Crippen MR) is 89.4 cm³/mol. The molecule has 25 heavy (non-hydrogen) atoms. The third kappa shape index (κ3) is 4.65. The number of hydrogen-bond acceptors (Lipinski definition) is 9. The number of hydrogen-bond donors (Lipinski definition) is 1. The monoisotopic (exact) mass is 413 g/mol. The van der Waals surface area contributed by atoms with Crippen LogP contribution in [0.1, 0.15) is 11.7 Å². The highest BCUT2D eigenvalue weighted by Crippen LogP contribution is 2.42. The Hall–Kier alpha value is -0.860. The second-order valence-corrected chi connectivity index (χ2v) is 10.1.